The molecule has 1 saturated heterocycles. The molecule has 2 saturated carbocycles. The molecule has 3 rings (SSSR count). The first kappa shape index (κ1) is 22.5. The van der Waals surface area contributed by atoms with Crippen LogP contribution in [0.5, 0.6) is 0 Å². The van der Waals surface area contributed by atoms with Crippen LogP contribution in [0.2, 0.25) is 0 Å². The number of carbonyl (C=O) groups is 1. The maximum atomic E-state index is 12.7. The van der Waals surface area contributed by atoms with Crippen LogP contribution in [0.4, 0.5) is 0 Å². The van der Waals surface area contributed by atoms with Crippen molar-refractivity contribution in [3.8, 4) is 0 Å². The summed E-state index contributed by atoms with van der Waals surface area (Å²) in [7, 11) is 0. The molecule has 0 aromatic carbocycles. The number of alkyl halides is 1. The summed E-state index contributed by atoms with van der Waals surface area (Å²) < 4.78 is 5.62. The van der Waals surface area contributed by atoms with Crippen molar-refractivity contribution in [1.82, 2.24) is 9.80 Å². The molecule has 1 heterocycles. The lowest BCUT2D eigenvalue weighted by atomic mass is 9.84. The van der Waals surface area contributed by atoms with E-state index in [9.17, 15) is 9.90 Å². The van der Waals surface area contributed by atoms with E-state index in [2.05, 4.69) is 32.7 Å². The molecule has 0 radical (unpaired) electrons. The van der Waals surface area contributed by atoms with Crippen molar-refractivity contribution in [1.29, 1.82) is 0 Å². The molecule has 5 nitrogen and oxygen atoms in total. The smallest absolute Gasteiger partial charge is 0.233 e. The van der Waals surface area contributed by atoms with Gasteiger partial charge in [-0.1, -0.05) is 28.8 Å². The fourth-order valence-electron chi connectivity index (χ4n) is 5.63. The molecule has 0 bridgehead atoms. The molecule has 28 heavy (non-hydrogen) atoms. The molecule has 0 spiro atoms. The molecule has 162 valence electrons. The van der Waals surface area contributed by atoms with Gasteiger partial charge in [-0.15, -0.1) is 0 Å². The van der Waals surface area contributed by atoms with Crippen LogP contribution in [-0.4, -0.2) is 76.7 Å². The van der Waals surface area contributed by atoms with Crippen molar-refractivity contribution >= 4 is 21.8 Å². The number of carbonyl (C=O) groups excluding carboxylic acids is 1. The number of piperidine rings is 1. The van der Waals surface area contributed by atoms with E-state index in [1.54, 1.807) is 0 Å². The Bertz CT molecular complexity index is 476. The molecule has 6 heteroatoms. The number of hydrogen-bond donors (Lipinski definition) is 1. The number of amides is 1. The van der Waals surface area contributed by atoms with Gasteiger partial charge in [0, 0.05) is 38.4 Å². The molecule has 3 fully saturated rings. The highest BCUT2D eigenvalue weighted by Crippen LogP contribution is 2.32. The number of ether oxygens (including phenoxy) is 1. The van der Waals surface area contributed by atoms with Crippen molar-refractivity contribution in [2.75, 3.05) is 31.6 Å². The van der Waals surface area contributed by atoms with Gasteiger partial charge in [0.2, 0.25) is 5.91 Å². The lowest BCUT2D eigenvalue weighted by Crippen LogP contribution is -2.57. The molecule has 2 atom stereocenters. The zero-order valence-corrected chi connectivity index (χ0v) is 19.1. The number of hydrogen-bond acceptors (Lipinski definition) is 4. The average molecular weight is 459 g/mol. The van der Waals surface area contributed by atoms with E-state index in [-0.39, 0.29) is 24.1 Å². The number of halogens is 1. The van der Waals surface area contributed by atoms with E-state index in [0.29, 0.717) is 11.4 Å². The number of rotatable bonds is 7. The third-order valence-electron chi connectivity index (χ3n) is 7.24. The van der Waals surface area contributed by atoms with E-state index < -0.39 is 0 Å². The monoisotopic (exact) mass is 458 g/mol. The highest BCUT2D eigenvalue weighted by molar-refractivity contribution is 9.09. The quantitative estimate of drug-likeness (QED) is 0.592. The first-order valence-electron chi connectivity index (χ1n) is 11.5. The average Bonchev–Trinajstić information content (AvgIpc) is 2.74. The van der Waals surface area contributed by atoms with E-state index in [1.165, 1.54) is 25.7 Å². The largest absolute Gasteiger partial charge is 0.391 e. The first-order valence-corrected chi connectivity index (χ1v) is 12.6. The molecular formula is C22H39BrN2O3. The van der Waals surface area contributed by atoms with Crippen molar-refractivity contribution in [2.24, 2.45) is 5.92 Å². The lowest BCUT2D eigenvalue weighted by molar-refractivity contribution is -0.139. The Hall–Kier alpha value is -0.170. The summed E-state index contributed by atoms with van der Waals surface area (Å²) in [5.74, 6) is 0.898. The molecule has 2 aliphatic carbocycles. The zero-order chi connectivity index (χ0) is 19.9. The summed E-state index contributed by atoms with van der Waals surface area (Å²) in [4.78, 5) is 17.4. The van der Waals surface area contributed by atoms with Crippen LogP contribution in [0.3, 0.4) is 0 Å². The normalized spacial score (nSPS) is 33.0. The van der Waals surface area contributed by atoms with Gasteiger partial charge in [0.25, 0.3) is 0 Å². The summed E-state index contributed by atoms with van der Waals surface area (Å²) in [6, 6.07) is 1.01. The van der Waals surface area contributed by atoms with Gasteiger partial charge in [-0.05, 0) is 64.2 Å². The Morgan fingerprint density at radius 3 is 2.36 bits per heavy atom. The van der Waals surface area contributed by atoms with Crippen molar-refractivity contribution < 1.29 is 14.6 Å². The van der Waals surface area contributed by atoms with Crippen LogP contribution in [0.25, 0.3) is 0 Å². The topological polar surface area (TPSA) is 53.0 Å². The second-order valence-corrected chi connectivity index (χ2v) is 9.52. The molecule has 0 aromatic rings. The third-order valence-corrected chi connectivity index (χ3v) is 7.72. The maximum Gasteiger partial charge on any atom is 0.233 e. The molecule has 3 aliphatic rings. The van der Waals surface area contributed by atoms with Gasteiger partial charge in [0.1, 0.15) is 0 Å². The Morgan fingerprint density at radius 2 is 1.75 bits per heavy atom. The predicted octanol–water partition coefficient (Wildman–Crippen LogP) is 3.57. The highest BCUT2D eigenvalue weighted by atomic mass is 79.9. The maximum absolute atomic E-state index is 12.7. The summed E-state index contributed by atoms with van der Waals surface area (Å²) >= 11 is 3.37. The molecular weight excluding hydrogens is 420 g/mol. The van der Waals surface area contributed by atoms with E-state index >= 15 is 0 Å². The highest BCUT2D eigenvalue weighted by Gasteiger charge is 2.38. The van der Waals surface area contributed by atoms with Crippen LogP contribution in [0.15, 0.2) is 0 Å². The standard InChI is InChI=1S/C22H39BrN2O3/c1-2-28-16-17-7-9-18(10-8-17)24-13-11-19(12-14-24)25(22(27)15-23)20-5-3-4-6-21(20)26/h17-21,26H,2-16H2,1H3/t17?,18?,20-,21-/m0/s1. The Labute approximate surface area is 179 Å². The summed E-state index contributed by atoms with van der Waals surface area (Å²) in [5.41, 5.74) is 0. The zero-order valence-electron chi connectivity index (χ0n) is 17.5. The van der Waals surface area contributed by atoms with E-state index in [1.807, 2.05) is 0 Å². The van der Waals surface area contributed by atoms with Crippen LogP contribution >= 0.6 is 15.9 Å². The number of aliphatic hydroxyl groups is 1. The second-order valence-electron chi connectivity index (χ2n) is 8.95. The van der Waals surface area contributed by atoms with Gasteiger partial charge in [0.05, 0.1) is 17.5 Å². The van der Waals surface area contributed by atoms with Crippen LogP contribution in [0, 0.1) is 5.92 Å². The van der Waals surface area contributed by atoms with Gasteiger partial charge in [0.15, 0.2) is 0 Å². The molecule has 0 unspecified atom stereocenters. The molecule has 1 aliphatic heterocycles. The molecule has 0 aromatic heterocycles. The summed E-state index contributed by atoms with van der Waals surface area (Å²) in [6.07, 6.45) is 10.9. The van der Waals surface area contributed by atoms with Crippen LogP contribution in [0.1, 0.15) is 71.1 Å². The SMILES string of the molecule is CCOCC1CCC(N2CCC(N(C(=O)CBr)[C@H]3CCCC[C@@H]3O)CC2)CC1. The summed E-state index contributed by atoms with van der Waals surface area (Å²) in [6.45, 7) is 6.00. The first-order chi connectivity index (χ1) is 13.6. The second kappa shape index (κ2) is 11.3. The predicted molar refractivity (Wildman–Crippen MR) is 116 cm³/mol. The number of nitrogens with zero attached hydrogens (tertiary/aromatic N) is 2. The van der Waals surface area contributed by atoms with Crippen molar-refractivity contribution in [2.45, 2.75) is 95.4 Å². The lowest BCUT2D eigenvalue weighted by Gasteiger charge is -2.47. The van der Waals surface area contributed by atoms with Gasteiger partial charge in [-0.2, -0.15) is 0 Å². The Balaban J connectivity index is 1.51. The number of likely N-dealkylation sites (tertiary alicyclic amines) is 1. The molecule has 1 amide bonds. The van der Waals surface area contributed by atoms with Gasteiger partial charge in [-0.3, -0.25) is 4.79 Å². The minimum Gasteiger partial charge on any atom is -0.391 e. The van der Waals surface area contributed by atoms with Gasteiger partial charge in [-0.25, -0.2) is 0 Å². The minimum atomic E-state index is -0.351. The van der Waals surface area contributed by atoms with Gasteiger partial charge < -0.3 is 19.6 Å². The summed E-state index contributed by atoms with van der Waals surface area (Å²) in [5, 5.41) is 10.9. The van der Waals surface area contributed by atoms with Crippen molar-refractivity contribution in [3.63, 3.8) is 0 Å². The third kappa shape index (κ3) is 5.71. The van der Waals surface area contributed by atoms with E-state index in [4.69, 9.17) is 4.74 Å². The Morgan fingerprint density at radius 1 is 1.07 bits per heavy atom. The minimum absolute atomic E-state index is 0.0179. The van der Waals surface area contributed by atoms with Crippen LogP contribution in [-0.2, 0) is 9.53 Å². The van der Waals surface area contributed by atoms with E-state index in [0.717, 1.165) is 70.7 Å². The fourth-order valence-corrected chi connectivity index (χ4v) is 5.92. The molecule has 1 N–H and O–H groups in total. The van der Waals surface area contributed by atoms with Crippen LogP contribution < -0.4 is 0 Å². The van der Waals surface area contributed by atoms with Gasteiger partial charge >= 0.3 is 0 Å². The Kier molecular flexibility index (Phi) is 9.07. The van der Waals surface area contributed by atoms with Crippen molar-refractivity contribution in [3.05, 3.63) is 0 Å². The fraction of sp³-hybridized carbons (Fsp3) is 0.955. The number of aliphatic hydroxyl groups excluding tert-OH is 1.